The minimum Gasteiger partial charge on any atom is -0.497 e. The zero-order chi connectivity index (χ0) is 22.3. The van der Waals surface area contributed by atoms with E-state index in [2.05, 4.69) is 10.3 Å². The maximum Gasteiger partial charge on any atom is 0.253 e. The lowest BCUT2D eigenvalue weighted by molar-refractivity contribution is -0.121. The summed E-state index contributed by atoms with van der Waals surface area (Å²) < 4.78 is 5.32. The minimum absolute atomic E-state index is 0.102. The van der Waals surface area contributed by atoms with Crippen LogP contribution in [-0.4, -0.2) is 48.4 Å². The molecule has 0 bridgehead atoms. The molecule has 0 unspecified atom stereocenters. The second-order valence-corrected chi connectivity index (χ2v) is 8.47. The van der Waals surface area contributed by atoms with E-state index in [4.69, 9.17) is 4.74 Å². The monoisotopic (exact) mass is 433 g/mol. The van der Waals surface area contributed by atoms with Crippen LogP contribution in [0.25, 0.3) is 10.9 Å². The molecule has 32 heavy (non-hydrogen) atoms. The fraction of sp³-hybridized carbons (Fsp3) is 0.385. The molecule has 2 heterocycles. The molecule has 2 aromatic carbocycles. The predicted octanol–water partition coefficient (Wildman–Crippen LogP) is 4.17. The Hall–Kier alpha value is -3.28. The first kappa shape index (κ1) is 21.9. The first-order chi connectivity index (χ1) is 15.6. The van der Waals surface area contributed by atoms with Crippen LogP contribution in [0, 0.1) is 5.92 Å². The lowest BCUT2D eigenvalue weighted by Crippen LogP contribution is -2.38. The van der Waals surface area contributed by atoms with Gasteiger partial charge in [0.25, 0.3) is 5.91 Å². The number of hydrogen-bond donors (Lipinski definition) is 2. The maximum atomic E-state index is 12.6. The number of rotatable bonds is 8. The average molecular weight is 434 g/mol. The van der Waals surface area contributed by atoms with Crippen molar-refractivity contribution in [2.75, 3.05) is 26.7 Å². The Kier molecular flexibility index (Phi) is 7.10. The molecule has 1 aliphatic rings. The third-order valence-corrected chi connectivity index (χ3v) is 6.39. The van der Waals surface area contributed by atoms with Crippen molar-refractivity contribution >= 4 is 22.7 Å². The zero-order valence-corrected chi connectivity index (χ0v) is 18.6. The third kappa shape index (κ3) is 5.31. The number of aromatic nitrogens is 1. The fourth-order valence-electron chi connectivity index (χ4n) is 4.44. The van der Waals surface area contributed by atoms with Gasteiger partial charge in [-0.05, 0) is 67.5 Å². The number of ether oxygens (including phenoxy) is 1. The molecule has 6 nitrogen and oxygen atoms in total. The quantitative estimate of drug-likeness (QED) is 0.560. The lowest BCUT2D eigenvalue weighted by atomic mass is 9.91. The Morgan fingerprint density at radius 1 is 1.12 bits per heavy atom. The Labute approximate surface area is 188 Å². The second-order valence-electron chi connectivity index (χ2n) is 8.47. The number of likely N-dealkylation sites (tertiary alicyclic amines) is 1. The van der Waals surface area contributed by atoms with Crippen LogP contribution in [0.3, 0.4) is 0 Å². The second kappa shape index (κ2) is 10.4. The van der Waals surface area contributed by atoms with E-state index >= 15 is 0 Å². The van der Waals surface area contributed by atoms with Gasteiger partial charge >= 0.3 is 0 Å². The van der Waals surface area contributed by atoms with Crippen LogP contribution in [-0.2, 0) is 11.2 Å². The molecule has 0 saturated carbocycles. The molecule has 1 saturated heterocycles. The topological polar surface area (TPSA) is 74.4 Å². The molecule has 2 amide bonds. The van der Waals surface area contributed by atoms with Crippen LogP contribution in [0.2, 0.25) is 0 Å². The summed E-state index contributed by atoms with van der Waals surface area (Å²) in [6.45, 7) is 2.15. The van der Waals surface area contributed by atoms with Gasteiger partial charge in [-0.2, -0.15) is 0 Å². The highest BCUT2D eigenvalue weighted by Gasteiger charge is 2.23. The molecule has 1 fully saturated rings. The number of piperidine rings is 1. The van der Waals surface area contributed by atoms with Gasteiger partial charge in [-0.3, -0.25) is 9.59 Å². The van der Waals surface area contributed by atoms with Crippen molar-refractivity contribution in [3.8, 4) is 5.75 Å². The Balaban J connectivity index is 1.17. The first-order valence-electron chi connectivity index (χ1n) is 11.4. The van der Waals surface area contributed by atoms with Gasteiger partial charge in [0.1, 0.15) is 5.75 Å². The summed E-state index contributed by atoms with van der Waals surface area (Å²) in [7, 11) is 1.67. The highest BCUT2D eigenvalue weighted by atomic mass is 16.5. The molecule has 0 spiro atoms. The highest BCUT2D eigenvalue weighted by Crippen LogP contribution is 2.24. The number of carbonyl (C=O) groups is 2. The number of amides is 2. The Bertz CT molecular complexity index is 1050. The number of nitrogens with one attached hydrogen (secondary N) is 2. The Morgan fingerprint density at radius 2 is 1.91 bits per heavy atom. The number of nitrogens with zero attached hydrogens (tertiary/aromatic N) is 1. The summed E-state index contributed by atoms with van der Waals surface area (Å²) in [4.78, 5) is 30.1. The number of fused-ring (bicyclic) bond motifs is 1. The van der Waals surface area contributed by atoms with E-state index in [1.54, 1.807) is 7.11 Å². The standard InChI is InChI=1S/C26H31N3O3/c1-32-22-8-9-24-23(17-22)21(18-28-24)11-14-27-25(30)10-7-19-12-15-29(16-13-19)26(31)20-5-3-2-4-6-20/h2-6,8-9,17-19,28H,7,10-16H2,1H3,(H,27,30). The van der Waals surface area contributed by atoms with E-state index in [9.17, 15) is 9.59 Å². The van der Waals surface area contributed by atoms with E-state index < -0.39 is 0 Å². The van der Waals surface area contributed by atoms with Crippen molar-refractivity contribution in [3.05, 3.63) is 65.9 Å². The molecule has 1 aromatic heterocycles. The Morgan fingerprint density at radius 3 is 2.66 bits per heavy atom. The molecule has 6 heteroatoms. The summed E-state index contributed by atoms with van der Waals surface area (Å²) in [5, 5.41) is 4.19. The third-order valence-electron chi connectivity index (χ3n) is 6.39. The zero-order valence-electron chi connectivity index (χ0n) is 18.6. The van der Waals surface area contributed by atoms with Crippen LogP contribution in [0.1, 0.15) is 41.6 Å². The van der Waals surface area contributed by atoms with Crippen molar-refractivity contribution in [2.45, 2.75) is 32.1 Å². The minimum atomic E-state index is 0.102. The molecular weight excluding hydrogens is 402 g/mol. The molecule has 1 aliphatic heterocycles. The van der Waals surface area contributed by atoms with Crippen molar-refractivity contribution in [1.29, 1.82) is 0 Å². The van der Waals surface area contributed by atoms with E-state index in [0.29, 0.717) is 18.9 Å². The molecule has 0 atom stereocenters. The van der Waals surface area contributed by atoms with E-state index in [-0.39, 0.29) is 11.8 Å². The van der Waals surface area contributed by atoms with Crippen LogP contribution >= 0.6 is 0 Å². The average Bonchev–Trinajstić information content (AvgIpc) is 3.25. The number of methoxy groups -OCH3 is 1. The van der Waals surface area contributed by atoms with Crippen LogP contribution < -0.4 is 10.1 Å². The number of H-pyrrole nitrogens is 1. The summed E-state index contributed by atoms with van der Waals surface area (Å²) in [6, 6.07) is 15.4. The van der Waals surface area contributed by atoms with E-state index in [0.717, 1.165) is 61.0 Å². The first-order valence-corrected chi connectivity index (χ1v) is 11.4. The summed E-state index contributed by atoms with van der Waals surface area (Å²) in [5.41, 5.74) is 3.00. The van der Waals surface area contributed by atoms with E-state index in [1.807, 2.05) is 59.6 Å². The molecule has 0 aliphatic carbocycles. The van der Waals surface area contributed by atoms with Gasteiger partial charge in [-0.25, -0.2) is 0 Å². The summed E-state index contributed by atoms with van der Waals surface area (Å²) >= 11 is 0. The molecule has 4 rings (SSSR count). The number of carbonyl (C=O) groups excluding carboxylic acids is 2. The normalized spacial score (nSPS) is 14.5. The van der Waals surface area contributed by atoms with Crippen molar-refractivity contribution in [2.24, 2.45) is 5.92 Å². The molecular formula is C26H31N3O3. The number of aromatic amines is 1. The van der Waals surface area contributed by atoms with Gasteiger partial charge in [-0.1, -0.05) is 18.2 Å². The van der Waals surface area contributed by atoms with Crippen molar-refractivity contribution in [1.82, 2.24) is 15.2 Å². The predicted molar refractivity (Wildman–Crippen MR) is 126 cm³/mol. The molecule has 2 N–H and O–H groups in total. The van der Waals surface area contributed by atoms with Gasteiger partial charge < -0.3 is 19.9 Å². The van der Waals surface area contributed by atoms with Gasteiger partial charge in [0.05, 0.1) is 7.11 Å². The fourth-order valence-corrected chi connectivity index (χ4v) is 4.44. The summed E-state index contributed by atoms with van der Waals surface area (Å²) in [5.74, 6) is 1.54. The van der Waals surface area contributed by atoms with Gasteiger partial charge in [0, 0.05) is 48.7 Å². The SMILES string of the molecule is COc1ccc2[nH]cc(CCNC(=O)CCC3CCN(C(=O)c4ccccc4)CC3)c2c1. The summed E-state index contributed by atoms with van der Waals surface area (Å²) in [6.07, 6.45) is 6.12. The van der Waals surface area contributed by atoms with Gasteiger partial charge in [0.2, 0.25) is 5.91 Å². The van der Waals surface area contributed by atoms with Crippen LogP contribution in [0.4, 0.5) is 0 Å². The largest absolute Gasteiger partial charge is 0.497 e. The smallest absolute Gasteiger partial charge is 0.253 e. The van der Waals surface area contributed by atoms with Crippen molar-refractivity contribution in [3.63, 3.8) is 0 Å². The van der Waals surface area contributed by atoms with Crippen LogP contribution in [0.15, 0.2) is 54.7 Å². The van der Waals surface area contributed by atoms with Gasteiger partial charge in [-0.15, -0.1) is 0 Å². The molecule has 3 aromatic rings. The van der Waals surface area contributed by atoms with Crippen molar-refractivity contribution < 1.29 is 14.3 Å². The highest BCUT2D eigenvalue weighted by molar-refractivity contribution is 5.94. The van der Waals surface area contributed by atoms with Gasteiger partial charge in [0.15, 0.2) is 0 Å². The van der Waals surface area contributed by atoms with E-state index in [1.165, 1.54) is 5.56 Å². The maximum absolute atomic E-state index is 12.6. The molecule has 168 valence electrons. The van der Waals surface area contributed by atoms with Crippen LogP contribution in [0.5, 0.6) is 5.75 Å². The number of hydrogen-bond acceptors (Lipinski definition) is 3. The number of benzene rings is 2. The lowest BCUT2D eigenvalue weighted by Gasteiger charge is -2.32. The molecule has 0 radical (unpaired) electrons.